The monoisotopic (exact) mass is 633 g/mol. The molecule has 3 aromatic carbocycles. The molecule has 39 heavy (non-hydrogen) atoms. The van der Waals surface area contributed by atoms with Crippen molar-refractivity contribution in [2.24, 2.45) is 0 Å². The molecular weight excluding hydrogens is 602 g/mol. The minimum absolute atomic E-state index is 0.0845. The molecule has 1 atom stereocenters. The highest BCUT2D eigenvalue weighted by Gasteiger charge is 2.34. The van der Waals surface area contributed by atoms with Crippen LogP contribution in [0.5, 0.6) is 0 Å². The minimum Gasteiger partial charge on any atom is -0.350 e. The summed E-state index contributed by atoms with van der Waals surface area (Å²) in [5.41, 5.74) is 1.41. The number of benzene rings is 3. The number of hydrogen-bond acceptors (Lipinski definition) is 4. The van der Waals surface area contributed by atoms with Crippen molar-refractivity contribution in [3.05, 3.63) is 99.5 Å². The summed E-state index contributed by atoms with van der Waals surface area (Å²) in [6.07, 6.45) is 1.30. The van der Waals surface area contributed by atoms with Crippen LogP contribution in [0.25, 0.3) is 0 Å². The first-order valence-electron chi connectivity index (χ1n) is 12.4. The number of anilines is 1. The van der Waals surface area contributed by atoms with E-state index in [1.54, 1.807) is 48.5 Å². The predicted octanol–water partition coefficient (Wildman–Crippen LogP) is 5.42. The third-order valence-corrected chi connectivity index (χ3v) is 7.70. The molecule has 0 unspecified atom stereocenters. The number of amides is 2. The highest BCUT2D eigenvalue weighted by Crippen LogP contribution is 2.24. The van der Waals surface area contributed by atoms with Gasteiger partial charge in [0.25, 0.3) is 0 Å². The summed E-state index contributed by atoms with van der Waals surface area (Å²) in [5.74, 6) is -0.845. The van der Waals surface area contributed by atoms with Gasteiger partial charge in [0, 0.05) is 28.0 Å². The maximum absolute atomic E-state index is 14.0. The van der Waals surface area contributed by atoms with E-state index in [-0.39, 0.29) is 18.9 Å². The Morgan fingerprint density at radius 2 is 1.59 bits per heavy atom. The quantitative estimate of drug-likeness (QED) is 0.323. The van der Waals surface area contributed by atoms with Gasteiger partial charge in [-0.3, -0.25) is 13.9 Å². The molecule has 0 radical (unpaired) electrons. The van der Waals surface area contributed by atoms with Gasteiger partial charge in [0.05, 0.1) is 11.9 Å². The predicted molar refractivity (Wildman–Crippen MR) is 160 cm³/mol. The molecule has 0 fully saturated rings. The molecule has 208 valence electrons. The number of carbonyl (C=O) groups is 2. The van der Waals surface area contributed by atoms with Gasteiger partial charge in [-0.2, -0.15) is 0 Å². The Morgan fingerprint density at radius 1 is 0.949 bits per heavy atom. The summed E-state index contributed by atoms with van der Waals surface area (Å²) in [5, 5.41) is 3.54. The lowest BCUT2D eigenvalue weighted by atomic mass is 10.0. The molecule has 2 amide bonds. The Kier molecular flexibility index (Phi) is 10.2. The lowest BCUT2D eigenvalue weighted by Crippen LogP contribution is -2.56. The number of nitrogens with one attached hydrogen (secondary N) is 1. The zero-order valence-corrected chi connectivity index (χ0v) is 25.6. The molecule has 0 saturated heterocycles. The number of halogens is 2. The third kappa shape index (κ3) is 9.37. The Bertz CT molecular complexity index is 1390. The molecular formula is C29H33BrClN3O4S. The van der Waals surface area contributed by atoms with E-state index in [4.69, 9.17) is 11.6 Å². The summed E-state index contributed by atoms with van der Waals surface area (Å²) >= 11 is 9.45. The van der Waals surface area contributed by atoms with E-state index in [2.05, 4.69) is 21.2 Å². The SMILES string of the molecule is CC(C)(C)NC(=O)[C@H](Cc1ccccc1)N(Cc1ccc(Cl)cc1)C(=O)CN(c1cccc(Br)c1)S(C)(=O)=O. The maximum Gasteiger partial charge on any atom is 0.244 e. The van der Waals surface area contributed by atoms with Crippen molar-refractivity contribution in [3.8, 4) is 0 Å². The molecule has 3 aromatic rings. The zero-order chi connectivity index (χ0) is 28.8. The fraction of sp³-hybridized carbons (Fsp3) is 0.310. The van der Waals surface area contributed by atoms with Crippen LogP contribution in [-0.4, -0.2) is 49.5 Å². The van der Waals surface area contributed by atoms with Crippen LogP contribution in [0.2, 0.25) is 5.02 Å². The molecule has 0 aliphatic carbocycles. The van der Waals surface area contributed by atoms with E-state index in [0.717, 1.165) is 21.7 Å². The van der Waals surface area contributed by atoms with E-state index < -0.39 is 34.1 Å². The standard InChI is InChI=1S/C29H33BrClN3O4S/c1-29(2,3)32-28(36)26(17-21-9-6-5-7-10-21)33(19-22-13-15-24(31)16-14-22)27(35)20-34(39(4,37)38)25-12-8-11-23(30)18-25/h5-16,18,26H,17,19-20H2,1-4H3,(H,32,36)/t26-/m0/s1. The van der Waals surface area contributed by atoms with Gasteiger partial charge in [0.2, 0.25) is 21.8 Å². The van der Waals surface area contributed by atoms with Crippen LogP contribution in [0.3, 0.4) is 0 Å². The van der Waals surface area contributed by atoms with E-state index >= 15 is 0 Å². The van der Waals surface area contributed by atoms with Crippen molar-refractivity contribution in [2.45, 2.75) is 45.3 Å². The first kappa shape index (κ1) is 30.7. The van der Waals surface area contributed by atoms with Crippen molar-refractivity contribution in [1.82, 2.24) is 10.2 Å². The molecule has 0 spiro atoms. The second-order valence-electron chi connectivity index (χ2n) is 10.3. The van der Waals surface area contributed by atoms with Crippen molar-refractivity contribution in [1.29, 1.82) is 0 Å². The fourth-order valence-electron chi connectivity index (χ4n) is 4.04. The number of rotatable bonds is 10. The van der Waals surface area contributed by atoms with Crippen LogP contribution in [0.1, 0.15) is 31.9 Å². The second kappa shape index (κ2) is 13.0. The zero-order valence-electron chi connectivity index (χ0n) is 22.4. The highest BCUT2D eigenvalue weighted by molar-refractivity contribution is 9.10. The summed E-state index contributed by atoms with van der Waals surface area (Å²) in [6.45, 7) is 5.22. The Morgan fingerprint density at radius 3 is 2.15 bits per heavy atom. The molecule has 7 nitrogen and oxygen atoms in total. The average molecular weight is 635 g/mol. The smallest absolute Gasteiger partial charge is 0.244 e. The average Bonchev–Trinajstić information content (AvgIpc) is 2.84. The van der Waals surface area contributed by atoms with E-state index in [9.17, 15) is 18.0 Å². The largest absolute Gasteiger partial charge is 0.350 e. The van der Waals surface area contributed by atoms with Crippen LogP contribution >= 0.6 is 27.5 Å². The molecule has 0 aliphatic rings. The minimum atomic E-state index is -3.83. The van der Waals surface area contributed by atoms with Crippen LogP contribution in [0.4, 0.5) is 5.69 Å². The highest BCUT2D eigenvalue weighted by atomic mass is 79.9. The fourth-order valence-corrected chi connectivity index (χ4v) is 5.39. The van der Waals surface area contributed by atoms with Gasteiger partial charge >= 0.3 is 0 Å². The number of nitrogens with zero attached hydrogens (tertiary/aromatic N) is 2. The van der Waals surface area contributed by atoms with Gasteiger partial charge in [-0.05, 0) is 62.2 Å². The lowest BCUT2D eigenvalue weighted by Gasteiger charge is -2.35. The Labute approximate surface area is 244 Å². The van der Waals surface area contributed by atoms with Crippen molar-refractivity contribution < 1.29 is 18.0 Å². The lowest BCUT2D eigenvalue weighted by molar-refractivity contribution is -0.140. The summed E-state index contributed by atoms with van der Waals surface area (Å²) in [6, 6.07) is 22.2. The van der Waals surface area contributed by atoms with Gasteiger partial charge in [-0.15, -0.1) is 0 Å². The van der Waals surface area contributed by atoms with Crippen LogP contribution in [0, 0.1) is 0 Å². The normalized spacial score (nSPS) is 12.5. The maximum atomic E-state index is 14.0. The molecule has 0 saturated carbocycles. The second-order valence-corrected chi connectivity index (χ2v) is 13.6. The van der Waals surface area contributed by atoms with Gasteiger partial charge < -0.3 is 10.2 Å². The first-order valence-corrected chi connectivity index (χ1v) is 15.4. The summed E-state index contributed by atoms with van der Waals surface area (Å²) in [7, 11) is -3.83. The Hall–Kier alpha value is -2.88. The molecule has 0 aliphatic heterocycles. The third-order valence-electron chi connectivity index (χ3n) is 5.81. The van der Waals surface area contributed by atoms with Crippen LogP contribution < -0.4 is 9.62 Å². The topological polar surface area (TPSA) is 86.8 Å². The number of sulfonamides is 1. The Balaban J connectivity index is 2.07. The molecule has 3 rings (SSSR count). The van der Waals surface area contributed by atoms with Gasteiger partial charge in [0.15, 0.2) is 0 Å². The van der Waals surface area contributed by atoms with E-state index in [0.29, 0.717) is 15.2 Å². The molecule has 10 heteroatoms. The number of hydrogen-bond donors (Lipinski definition) is 1. The summed E-state index contributed by atoms with van der Waals surface area (Å²) < 4.78 is 27.4. The molecule has 0 heterocycles. The van der Waals surface area contributed by atoms with Crippen molar-refractivity contribution in [3.63, 3.8) is 0 Å². The molecule has 1 N–H and O–H groups in total. The number of carbonyl (C=O) groups excluding carboxylic acids is 2. The van der Waals surface area contributed by atoms with Gasteiger partial charge in [-0.25, -0.2) is 8.42 Å². The first-order chi connectivity index (χ1) is 18.2. The summed E-state index contributed by atoms with van der Waals surface area (Å²) in [4.78, 5) is 29.2. The van der Waals surface area contributed by atoms with Crippen molar-refractivity contribution >= 4 is 55.1 Å². The van der Waals surface area contributed by atoms with Crippen molar-refractivity contribution in [2.75, 3.05) is 17.1 Å². The van der Waals surface area contributed by atoms with Gasteiger partial charge in [-0.1, -0.05) is 76.1 Å². The van der Waals surface area contributed by atoms with E-state index in [1.807, 2.05) is 51.1 Å². The van der Waals surface area contributed by atoms with Crippen LogP contribution in [-0.2, 0) is 32.6 Å². The van der Waals surface area contributed by atoms with E-state index in [1.165, 1.54) is 4.90 Å². The molecule has 0 aromatic heterocycles. The molecule has 0 bridgehead atoms. The van der Waals surface area contributed by atoms with Crippen LogP contribution in [0.15, 0.2) is 83.3 Å². The van der Waals surface area contributed by atoms with Gasteiger partial charge in [0.1, 0.15) is 12.6 Å².